The van der Waals surface area contributed by atoms with Gasteiger partial charge in [-0.3, -0.25) is 0 Å². The van der Waals surface area contributed by atoms with E-state index in [0.29, 0.717) is 28.6 Å². The summed E-state index contributed by atoms with van der Waals surface area (Å²) in [7, 11) is 0. The van der Waals surface area contributed by atoms with E-state index in [1.54, 1.807) is 18.2 Å². The van der Waals surface area contributed by atoms with Gasteiger partial charge in [0.15, 0.2) is 0 Å². The van der Waals surface area contributed by atoms with Crippen LogP contribution in [0.3, 0.4) is 0 Å². The third kappa shape index (κ3) is 6.12. The van der Waals surface area contributed by atoms with Crippen molar-refractivity contribution in [3.05, 3.63) is 28.2 Å². The molecule has 0 spiro atoms. The Morgan fingerprint density at radius 2 is 1.86 bits per heavy atom. The summed E-state index contributed by atoms with van der Waals surface area (Å²) in [6, 6.07) is 4.43. The Labute approximate surface area is 135 Å². The van der Waals surface area contributed by atoms with Gasteiger partial charge in [0.1, 0.15) is 0 Å². The van der Waals surface area contributed by atoms with E-state index in [1.165, 1.54) is 0 Å². The number of halogens is 2. The van der Waals surface area contributed by atoms with Crippen LogP contribution >= 0.6 is 23.2 Å². The van der Waals surface area contributed by atoms with Gasteiger partial charge < -0.3 is 15.7 Å². The fourth-order valence-electron chi connectivity index (χ4n) is 2.24. The first-order valence-corrected chi connectivity index (χ1v) is 7.88. The lowest BCUT2D eigenvalue weighted by molar-refractivity contribution is 0.0245. The number of nitrogens with one attached hydrogen (secondary N) is 2. The zero-order chi connectivity index (χ0) is 15.9. The Morgan fingerprint density at radius 1 is 1.24 bits per heavy atom. The highest BCUT2D eigenvalue weighted by Gasteiger charge is 2.25. The van der Waals surface area contributed by atoms with Crippen molar-refractivity contribution >= 4 is 34.9 Å². The van der Waals surface area contributed by atoms with Gasteiger partial charge in [0.25, 0.3) is 0 Å². The predicted molar refractivity (Wildman–Crippen MR) is 88.2 cm³/mol. The van der Waals surface area contributed by atoms with E-state index >= 15 is 0 Å². The van der Waals surface area contributed by atoms with Crippen LogP contribution in [0.2, 0.25) is 10.0 Å². The van der Waals surface area contributed by atoms with Crippen molar-refractivity contribution in [3.63, 3.8) is 0 Å². The molecule has 1 rings (SSSR count). The highest BCUT2D eigenvalue weighted by molar-refractivity contribution is 6.35. The van der Waals surface area contributed by atoms with Crippen molar-refractivity contribution in [1.29, 1.82) is 0 Å². The third-order valence-corrected chi connectivity index (χ3v) is 3.75. The minimum Gasteiger partial charge on any atom is -0.388 e. The first-order chi connectivity index (χ1) is 9.90. The molecule has 0 saturated heterocycles. The summed E-state index contributed by atoms with van der Waals surface area (Å²) in [5.41, 5.74) is -0.421. The minimum absolute atomic E-state index is 0.207. The number of hydrogen-bond acceptors (Lipinski definition) is 2. The summed E-state index contributed by atoms with van der Waals surface area (Å²) in [4.78, 5) is 11.9. The average Bonchev–Trinajstić information content (AvgIpc) is 2.41. The Bertz CT molecular complexity index is 475. The van der Waals surface area contributed by atoms with Gasteiger partial charge in [-0.2, -0.15) is 0 Å². The highest BCUT2D eigenvalue weighted by Crippen LogP contribution is 2.25. The SMILES string of the molecule is CCCC(O)(CCC)CNC(=O)Nc1cc(Cl)ccc1Cl. The van der Waals surface area contributed by atoms with E-state index < -0.39 is 11.6 Å². The van der Waals surface area contributed by atoms with Crippen LogP contribution in [0.4, 0.5) is 10.5 Å². The standard InChI is InChI=1S/C15H22Cl2N2O2/c1-3-7-15(21,8-4-2)10-18-14(20)19-13-9-11(16)5-6-12(13)17/h5-6,9,21H,3-4,7-8,10H2,1-2H3,(H2,18,19,20). The van der Waals surface area contributed by atoms with Gasteiger partial charge in [-0.05, 0) is 31.0 Å². The molecule has 6 heteroatoms. The average molecular weight is 333 g/mol. The number of amides is 2. The molecule has 21 heavy (non-hydrogen) atoms. The van der Waals surface area contributed by atoms with E-state index in [9.17, 15) is 9.90 Å². The van der Waals surface area contributed by atoms with Crippen molar-refractivity contribution in [2.24, 2.45) is 0 Å². The molecule has 4 nitrogen and oxygen atoms in total. The van der Waals surface area contributed by atoms with Crippen LogP contribution in [0.1, 0.15) is 39.5 Å². The lowest BCUT2D eigenvalue weighted by Crippen LogP contribution is -2.44. The van der Waals surface area contributed by atoms with E-state index in [4.69, 9.17) is 23.2 Å². The maximum atomic E-state index is 11.9. The quantitative estimate of drug-likeness (QED) is 0.690. The second-order valence-electron chi connectivity index (χ2n) is 5.16. The first kappa shape index (κ1) is 18.1. The summed E-state index contributed by atoms with van der Waals surface area (Å²) in [5.74, 6) is 0. The molecule has 0 bridgehead atoms. The molecule has 0 unspecified atom stereocenters. The molecule has 118 valence electrons. The van der Waals surface area contributed by atoms with Gasteiger partial charge in [-0.1, -0.05) is 49.9 Å². The lowest BCUT2D eigenvalue weighted by atomic mass is 9.93. The van der Waals surface area contributed by atoms with Crippen molar-refractivity contribution in [1.82, 2.24) is 5.32 Å². The number of benzene rings is 1. The van der Waals surface area contributed by atoms with Gasteiger partial charge in [0.05, 0.1) is 16.3 Å². The summed E-state index contributed by atoms with van der Waals surface area (Å²) in [6.45, 7) is 4.22. The first-order valence-electron chi connectivity index (χ1n) is 7.12. The maximum Gasteiger partial charge on any atom is 0.319 e. The number of carbonyl (C=O) groups excluding carboxylic acids is 1. The molecule has 0 heterocycles. The second-order valence-corrected chi connectivity index (χ2v) is 6.00. The van der Waals surface area contributed by atoms with Crippen LogP contribution in [0, 0.1) is 0 Å². The molecule has 0 atom stereocenters. The molecule has 2 amide bonds. The Hall–Kier alpha value is -0.970. The monoisotopic (exact) mass is 332 g/mol. The van der Waals surface area contributed by atoms with E-state index in [-0.39, 0.29) is 6.54 Å². The minimum atomic E-state index is -0.862. The number of aliphatic hydroxyl groups is 1. The van der Waals surface area contributed by atoms with Crippen LogP contribution in [0.15, 0.2) is 18.2 Å². The normalized spacial score (nSPS) is 11.3. The second kappa shape index (κ2) is 8.47. The predicted octanol–water partition coefficient (Wildman–Crippen LogP) is 4.45. The molecular weight excluding hydrogens is 311 g/mol. The fraction of sp³-hybridized carbons (Fsp3) is 0.533. The largest absolute Gasteiger partial charge is 0.388 e. The molecule has 0 radical (unpaired) electrons. The Balaban J connectivity index is 2.58. The molecular formula is C15H22Cl2N2O2. The van der Waals surface area contributed by atoms with Crippen LogP contribution in [0.5, 0.6) is 0 Å². The van der Waals surface area contributed by atoms with Crippen molar-refractivity contribution < 1.29 is 9.90 Å². The van der Waals surface area contributed by atoms with Crippen LogP contribution in [0.25, 0.3) is 0 Å². The topological polar surface area (TPSA) is 61.4 Å². The lowest BCUT2D eigenvalue weighted by Gasteiger charge is -2.27. The number of carbonyl (C=O) groups is 1. The summed E-state index contributed by atoms with van der Waals surface area (Å²) >= 11 is 11.8. The molecule has 0 saturated carbocycles. The maximum absolute atomic E-state index is 11.9. The van der Waals surface area contributed by atoms with Gasteiger partial charge in [0, 0.05) is 11.6 Å². The van der Waals surface area contributed by atoms with Gasteiger partial charge in [-0.25, -0.2) is 4.79 Å². The third-order valence-electron chi connectivity index (χ3n) is 3.19. The molecule has 3 N–H and O–H groups in total. The molecule has 1 aromatic rings. The van der Waals surface area contributed by atoms with Gasteiger partial charge in [-0.15, -0.1) is 0 Å². The molecule has 0 aromatic heterocycles. The number of hydrogen-bond donors (Lipinski definition) is 3. The van der Waals surface area contributed by atoms with Crippen molar-refractivity contribution in [2.45, 2.75) is 45.1 Å². The summed E-state index contributed by atoms with van der Waals surface area (Å²) in [5, 5.41) is 16.7. The van der Waals surface area contributed by atoms with Crippen LogP contribution in [-0.2, 0) is 0 Å². The van der Waals surface area contributed by atoms with E-state index in [0.717, 1.165) is 12.8 Å². The van der Waals surface area contributed by atoms with Gasteiger partial charge >= 0.3 is 6.03 Å². The highest BCUT2D eigenvalue weighted by atomic mass is 35.5. The number of anilines is 1. The fourth-order valence-corrected chi connectivity index (χ4v) is 2.57. The summed E-state index contributed by atoms with van der Waals surface area (Å²) < 4.78 is 0. The Kier molecular flexibility index (Phi) is 7.29. The van der Waals surface area contributed by atoms with Crippen molar-refractivity contribution in [2.75, 3.05) is 11.9 Å². The molecule has 0 aliphatic heterocycles. The zero-order valence-electron chi connectivity index (χ0n) is 12.4. The number of urea groups is 1. The van der Waals surface area contributed by atoms with Gasteiger partial charge in [0.2, 0.25) is 0 Å². The molecule has 0 aliphatic carbocycles. The smallest absolute Gasteiger partial charge is 0.319 e. The molecule has 1 aromatic carbocycles. The van der Waals surface area contributed by atoms with E-state index in [1.807, 2.05) is 13.8 Å². The van der Waals surface area contributed by atoms with Crippen LogP contribution < -0.4 is 10.6 Å². The molecule has 0 aliphatic rings. The number of rotatable bonds is 7. The van der Waals surface area contributed by atoms with E-state index in [2.05, 4.69) is 10.6 Å². The Morgan fingerprint density at radius 3 is 2.43 bits per heavy atom. The van der Waals surface area contributed by atoms with Crippen molar-refractivity contribution in [3.8, 4) is 0 Å². The summed E-state index contributed by atoms with van der Waals surface area (Å²) in [6.07, 6.45) is 3.03. The zero-order valence-corrected chi connectivity index (χ0v) is 13.9. The molecule has 0 fully saturated rings. The van der Waals surface area contributed by atoms with Crippen LogP contribution in [-0.4, -0.2) is 23.3 Å².